The van der Waals surface area contributed by atoms with Crippen molar-refractivity contribution < 1.29 is 0 Å². The van der Waals surface area contributed by atoms with Crippen molar-refractivity contribution in [1.29, 1.82) is 0 Å². The quantitative estimate of drug-likeness (QED) is 0.741. The zero-order valence-corrected chi connectivity index (χ0v) is 10.0. The Labute approximate surface area is 92.3 Å². The van der Waals surface area contributed by atoms with E-state index in [9.17, 15) is 0 Å². The van der Waals surface area contributed by atoms with E-state index in [1.807, 2.05) is 24.0 Å². The van der Waals surface area contributed by atoms with Gasteiger partial charge in [0.25, 0.3) is 0 Å². The van der Waals surface area contributed by atoms with Crippen molar-refractivity contribution in [2.75, 3.05) is 31.5 Å². The van der Waals surface area contributed by atoms with Crippen LogP contribution in [-0.2, 0) is 7.05 Å². The summed E-state index contributed by atoms with van der Waals surface area (Å²) in [5.41, 5.74) is 0. The molecule has 0 aliphatic heterocycles. The standard InChI is InChI=1S/C11H22N4/c1-4-8-15(5-2)10-7-13-11-12-6-9-14(11)3/h6,9H,4-5,7-8,10H2,1-3H3,(H,12,13). The highest BCUT2D eigenvalue weighted by molar-refractivity contribution is 5.24. The van der Waals surface area contributed by atoms with Gasteiger partial charge in [0.15, 0.2) is 0 Å². The molecule has 86 valence electrons. The molecule has 0 aliphatic carbocycles. The molecule has 0 spiro atoms. The molecule has 1 rings (SSSR count). The smallest absolute Gasteiger partial charge is 0.202 e. The Morgan fingerprint density at radius 1 is 1.40 bits per heavy atom. The van der Waals surface area contributed by atoms with E-state index in [1.165, 1.54) is 13.0 Å². The van der Waals surface area contributed by atoms with Gasteiger partial charge in [0.05, 0.1) is 0 Å². The van der Waals surface area contributed by atoms with E-state index in [4.69, 9.17) is 0 Å². The van der Waals surface area contributed by atoms with E-state index < -0.39 is 0 Å². The van der Waals surface area contributed by atoms with Crippen LogP contribution in [0.5, 0.6) is 0 Å². The van der Waals surface area contributed by atoms with Crippen molar-refractivity contribution in [1.82, 2.24) is 14.5 Å². The minimum Gasteiger partial charge on any atom is -0.354 e. The van der Waals surface area contributed by atoms with E-state index in [1.54, 1.807) is 0 Å². The van der Waals surface area contributed by atoms with Gasteiger partial charge in [-0.25, -0.2) is 4.98 Å². The van der Waals surface area contributed by atoms with Crippen LogP contribution in [0.25, 0.3) is 0 Å². The third kappa shape index (κ3) is 3.91. The Morgan fingerprint density at radius 2 is 2.20 bits per heavy atom. The molecule has 0 fully saturated rings. The van der Waals surface area contributed by atoms with Crippen LogP contribution in [-0.4, -0.2) is 40.6 Å². The second kappa shape index (κ2) is 6.45. The first-order valence-electron chi connectivity index (χ1n) is 5.71. The molecule has 0 aliphatic rings. The van der Waals surface area contributed by atoms with E-state index >= 15 is 0 Å². The van der Waals surface area contributed by atoms with Gasteiger partial charge in [0.1, 0.15) is 0 Å². The molecule has 1 heterocycles. The largest absolute Gasteiger partial charge is 0.354 e. The van der Waals surface area contributed by atoms with Crippen LogP contribution in [0.3, 0.4) is 0 Å². The molecular formula is C11H22N4. The molecule has 4 heteroatoms. The average molecular weight is 210 g/mol. The van der Waals surface area contributed by atoms with Gasteiger partial charge < -0.3 is 14.8 Å². The number of hydrogen-bond donors (Lipinski definition) is 1. The molecular weight excluding hydrogens is 188 g/mol. The maximum Gasteiger partial charge on any atom is 0.202 e. The van der Waals surface area contributed by atoms with Crippen LogP contribution >= 0.6 is 0 Å². The van der Waals surface area contributed by atoms with Gasteiger partial charge in [-0.05, 0) is 19.5 Å². The first-order chi connectivity index (χ1) is 7.27. The van der Waals surface area contributed by atoms with E-state index in [0.717, 1.165) is 25.6 Å². The number of nitrogens with zero attached hydrogens (tertiary/aromatic N) is 3. The number of rotatable bonds is 7. The molecule has 1 aromatic heterocycles. The lowest BCUT2D eigenvalue weighted by atomic mass is 10.4. The van der Waals surface area contributed by atoms with Crippen LogP contribution < -0.4 is 5.32 Å². The van der Waals surface area contributed by atoms with E-state index in [0.29, 0.717) is 0 Å². The average Bonchev–Trinajstić information content (AvgIpc) is 2.63. The van der Waals surface area contributed by atoms with Gasteiger partial charge in [0, 0.05) is 32.5 Å². The fourth-order valence-electron chi connectivity index (χ4n) is 1.61. The maximum absolute atomic E-state index is 4.22. The monoisotopic (exact) mass is 210 g/mol. The van der Waals surface area contributed by atoms with Gasteiger partial charge in [-0.3, -0.25) is 0 Å². The molecule has 0 radical (unpaired) electrons. The molecule has 0 bridgehead atoms. The molecule has 0 unspecified atom stereocenters. The van der Waals surface area contributed by atoms with Crippen LogP contribution in [0, 0.1) is 0 Å². The maximum atomic E-state index is 4.22. The van der Waals surface area contributed by atoms with E-state index in [-0.39, 0.29) is 0 Å². The number of anilines is 1. The topological polar surface area (TPSA) is 33.1 Å². The molecule has 0 saturated heterocycles. The SMILES string of the molecule is CCCN(CC)CCNc1nccn1C. The summed E-state index contributed by atoms with van der Waals surface area (Å²) in [5, 5.41) is 3.33. The summed E-state index contributed by atoms with van der Waals surface area (Å²) in [6.45, 7) is 8.76. The predicted octanol–water partition coefficient (Wildman–Crippen LogP) is 1.56. The van der Waals surface area contributed by atoms with Gasteiger partial charge in [0.2, 0.25) is 5.95 Å². The minimum absolute atomic E-state index is 0.947. The zero-order chi connectivity index (χ0) is 11.1. The van der Waals surface area contributed by atoms with Crippen molar-refractivity contribution in [3.05, 3.63) is 12.4 Å². The van der Waals surface area contributed by atoms with Crippen LogP contribution in [0.4, 0.5) is 5.95 Å². The van der Waals surface area contributed by atoms with Gasteiger partial charge in [-0.15, -0.1) is 0 Å². The number of aromatic nitrogens is 2. The van der Waals surface area contributed by atoms with Crippen LogP contribution in [0.1, 0.15) is 20.3 Å². The molecule has 15 heavy (non-hydrogen) atoms. The third-order valence-corrected chi connectivity index (χ3v) is 2.52. The van der Waals surface area contributed by atoms with Crippen molar-refractivity contribution in [2.45, 2.75) is 20.3 Å². The Morgan fingerprint density at radius 3 is 2.73 bits per heavy atom. The Hall–Kier alpha value is -1.03. The van der Waals surface area contributed by atoms with Crippen LogP contribution in [0.15, 0.2) is 12.4 Å². The zero-order valence-electron chi connectivity index (χ0n) is 10.0. The summed E-state index contributed by atoms with van der Waals surface area (Å²) < 4.78 is 2.00. The summed E-state index contributed by atoms with van der Waals surface area (Å²) in [7, 11) is 2.00. The highest BCUT2D eigenvalue weighted by Gasteiger charge is 2.01. The Bertz CT molecular complexity index is 269. The normalized spacial score (nSPS) is 10.9. The fraction of sp³-hybridized carbons (Fsp3) is 0.727. The van der Waals surface area contributed by atoms with Gasteiger partial charge in [-0.2, -0.15) is 0 Å². The fourth-order valence-corrected chi connectivity index (χ4v) is 1.61. The van der Waals surface area contributed by atoms with E-state index in [2.05, 4.69) is 29.0 Å². The Kier molecular flexibility index (Phi) is 5.18. The van der Waals surface area contributed by atoms with Crippen molar-refractivity contribution in [3.8, 4) is 0 Å². The molecule has 0 saturated carbocycles. The number of imidazole rings is 1. The second-order valence-electron chi connectivity index (χ2n) is 3.72. The summed E-state index contributed by atoms with van der Waals surface area (Å²) in [5.74, 6) is 0.947. The first-order valence-corrected chi connectivity index (χ1v) is 5.71. The lowest BCUT2D eigenvalue weighted by molar-refractivity contribution is 0.299. The predicted molar refractivity (Wildman–Crippen MR) is 64.1 cm³/mol. The van der Waals surface area contributed by atoms with Crippen molar-refractivity contribution in [3.63, 3.8) is 0 Å². The third-order valence-electron chi connectivity index (χ3n) is 2.52. The summed E-state index contributed by atoms with van der Waals surface area (Å²) in [6, 6.07) is 0. The lowest BCUT2D eigenvalue weighted by Gasteiger charge is -2.19. The second-order valence-corrected chi connectivity index (χ2v) is 3.72. The molecule has 1 aromatic rings. The number of hydrogen-bond acceptors (Lipinski definition) is 3. The van der Waals surface area contributed by atoms with Gasteiger partial charge >= 0.3 is 0 Å². The van der Waals surface area contributed by atoms with Crippen molar-refractivity contribution in [2.24, 2.45) is 7.05 Å². The first kappa shape index (κ1) is 12.0. The summed E-state index contributed by atoms with van der Waals surface area (Å²) >= 11 is 0. The lowest BCUT2D eigenvalue weighted by Crippen LogP contribution is -2.30. The highest BCUT2D eigenvalue weighted by atomic mass is 15.2. The number of aryl methyl sites for hydroxylation is 1. The van der Waals surface area contributed by atoms with Crippen LogP contribution in [0.2, 0.25) is 0 Å². The molecule has 1 N–H and O–H groups in total. The highest BCUT2D eigenvalue weighted by Crippen LogP contribution is 2.00. The number of nitrogens with one attached hydrogen (secondary N) is 1. The Balaban J connectivity index is 2.23. The minimum atomic E-state index is 0.947. The number of likely N-dealkylation sites (N-methyl/N-ethyl adjacent to an activating group) is 1. The van der Waals surface area contributed by atoms with Crippen molar-refractivity contribution >= 4 is 5.95 Å². The molecule has 4 nitrogen and oxygen atoms in total. The molecule has 0 atom stereocenters. The molecule has 0 aromatic carbocycles. The summed E-state index contributed by atoms with van der Waals surface area (Å²) in [6.07, 6.45) is 4.98. The summed E-state index contributed by atoms with van der Waals surface area (Å²) in [4.78, 5) is 6.66. The molecule has 0 amide bonds. The van der Waals surface area contributed by atoms with Gasteiger partial charge in [-0.1, -0.05) is 13.8 Å².